The highest BCUT2D eigenvalue weighted by Crippen LogP contribution is 2.27. The van der Waals surface area contributed by atoms with Gasteiger partial charge in [0, 0.05) is 20.0 Å². The Morgan fingerprint density at radius 2 is 2.05 bits per heavy atom. The Morgan fingerprint density at radius 3 is 2.85 bits per heavy atom. The van der Waals surface area contributed by atoms with E-state index >= 15 is 0 Å². The zero-order valence-corrected chi connectivity index (χ0v) is 12.0. The summed E-state index contributed by atoms with van der Waals surface area (Å²) in [6, 6.07) is 7.83. The van der Waals surface area contributed by atoms with Crippen LogP contribution in [0.3, 0.4) is 0 Å². The number of hydrogen-bond acceptors (Lipinski definition) is 3. The average molecular weight is 274 g/mol. The van der Waals surface area contributed by atoms with Gasteiger partial charge in [-0.25, -0.2) is 0 Å². The minimum Gasteiger partial charge on any atom is -0.489 e. The smallest absolute Gasteiger partial charge is 0.135 e. The van der Waals surface area contributed by atoms with Crippen molar-refractivity contribution in [2.75, 3.05) is 13.7 Å². The molecule has 2 atom stereocenters. The average Bonchev–Trinajstić information content (AvgIpc) is 2.49. The Bertz CT molecular complexity index is 473. The standard InChI is InChI=1S/C17H22O3/c1-19-15-9-6-10-16(13-15)20-17-11-3-2-7-14(17)8-4-5-12-18/h2-3,7,11,15-16,18H,5-6,9-10,12-13H2,1H3. The Balaban J connectivity index is 2.03. The Kier molecular flexibility index (Phi) is 5.91. The lowest BCUT2D eigenvalue weighted by molar-refractivity contribution is 0.0209. The maximum Gasteiger partial charge on any atom is 0.135 e. The van der Waals surface area contributed by atoms with E-state index < -0.39 is 0 Å². The maximum absolute atomic E-state index is 8.78. The summed E-state index contributed by atoms with van der Waals surface area (Å²) in [6.07, 6.45) is 5.27. The molecule has 1 aliphatic carbocycles. The first-order valence-electron chi connectivity index (χ1n) is 7.21. The first-order chi connectivity index (χ1) is 9.83. The van der Waals surface area contributed by atoms with E-state index in [4.69, 9.17) is 14.6 Å². The van der Waals surface area contributed by atoms with Gasteiger partial charge in [-0.2, -0.15) is 0 Å². The lowest BCUT2D eigenvalue weighted by atomic mass is 9.95. The predicted molar refractivity (Wildman–Crippen MR) is 78.7 cm³/mol. The summed E-state index contributed by atoms with van der Waals surface area (Å²) in [7, 11) is 1.77. The normalized spacial score (nSPS) is 21.9. The maximum atomic E-state index is 8.78. The van der Waals surface area contributed by atoms with Crippen LogP contribution in [0.5, 0.6) is 5.75 Å². The van der Waals surface area contributed by atoms with Crippen molar-refractivity contribution in [2.24, 2.45) is 0 Å². The highest BCUT2D eigenvalue weighted by Gasteiger charge is 2.23. The number of rotatable bonds is 4. The zero-order chi connectivity index (χ0) is 14.2. The monoisotopic (exact) mass is 274 g/mol. The van der Waals surface area contributed by atoms with Crippen LogP contribution in [0.4, 0.5) is 0 Å². The SMILES string of the molecule is COC1CCCC(Oc2ccccc2C#CCCO)C1. The second-order valence-corrected chi connectivity index (χ2v) is 5.04. The molecule has 20 heavy (non-hydrogen) atoms. The van der Waals surface area contributed by atoms with E-state index in [1.165, 1.54) is 0 Å². The summed E-state index contributed by atoms with van der Waals surface area (Å²) in [4.78, 5) is 0. The Morgan fingerprint density at radius 1 is 1.25 bits per heavy atom. The molecule has 0 radical (unpaired) electrons. The molecular formula is C17H22O3. The highest BCUT2D eigenvalue weighted by atomic mass is 16.5. The fraction of sp³-hybridized carbons (Fsp3) is 0.529. The number of benzene rings is 1. The minimum atomic E-state index is 0.0914. The van der Waals surface area contributed by atoms with Crippen LogP contribution < -0.4 is 4.74 Å². The first-order valence-corrected chi connectivity index (χ1v) is 7.21. The van der Waals surface area contributed by atoms with Crippen molar-refractivity contribution in [1.82, 2.24) is 0 Å². The van der Waals surface area contributed by atoms with Gasteiger partial charge in [-0.05, 0) is 31.4 Å². The van der Waals surface area contributed by atoms with Gasteiger partial charge in [-0.1, -0.05) is 24.0 Å². The molecule has 3 heteroatoms. The largest absolute Gasteiger partial charge is 0.489 e. The van der Waals surface area contributed by atoms with E-state index in [0.29, 0.717) is 12.5 Å². The van der Waals surface area contributed by atoms with Crippen LogP contribution in [0.1, 0.15) is 37.7 Å². The molecule has 1 N–H and O–H groups in total. The molecule has 1 aromatic carbocycles. The van der Waals surface area contributed by atoms with Gasteiger partial charge < -0.3 is 14.6 Å². The molecule has 3 nitrogen and oxygen atoms in total. The van der Waals surface area contributed by atoms with Crippen molar-refractivity contribution in [3.05, 3.63) is 29.8 Å². The summed E-state index contributed by atoms with van der Waals surface area (Å²) in [6.45, 7) is 0.0914. The van der Waals surface area contributed by atoms with E-state index in [2.05, 4.69) is 11.8 Å². The summed E-state index contributed by atoms with van der Waals surface area (Å²) in [5.74, 6) is 6.84. The molecule has 1 aliphatic rings. The van der Waals surface area contributed by atoms with Crippen LogP contribution in [0.15, 0.2) is 24.3 Å². The number of aliphatic hydroxyl groups is 1. The van der Waals surface area contributed by atoms with E-state index in [1.807, 2.05) is 24.3 Å². The fourth-order valence-electron chi connectivity index (χ4n) is 2.49. The fourth-order valence-corrected chi connectivity index (χ4v) is 2.49. The first kappa shape index (κ1) is 14.9. The molecule has 108 valence electrons. The molecule has 0 bridgehead atoms. The molecular weight excluding hydrogens is 252 g/mol. The van der Waals surface area contributed by atoms with Gasteiger partial charge in [0.1, 0.15) is 11.9 Å². The second kappa shape index (κ2) is 7.94. The Labute approximate surface area is 120 Å². The van der Waals surface area contributed by atoms with Gasteiger partial charge in [0.2, 0.25) is 0 Å². The van der Waals surface area contributed by atoms with Crippen LogP contribution in [-0.2, 0) is 4.74 Å². The molecule has 1 aromatic rings. The third kappa shape index (κ3) is 4.26. The number of methoxy groups -OCH3 is 1. The molecule has 1 saturated carbocycles. The van der Waals surface area contributed by atoms with E-state index in [0.717, 1.165) is 37.0 Å². The summed E-state index contributed by atoms with van der Waals surface area (Å²) in [5.41, 5.74) is 0.889. The van der Waals surface area contributed by atoms with Gasteiger partial charge in [-0.15, -0.1) is 0 Å². The van der Waals surface area contributed by atoms with Gasteiger partial charge >= 0.3 is 0 Å². The van der Waals surface area contributed by atoms with Crippen molar-refractivity contribution >= 4 is 0 Å². The molecule has 0 amide bonds. The van der Waals surface area contributed by atoms with E-state index in [1.54, 1.807) is 7.11 Å². The summed E-state index contributed by atoms with van der Waals surface area (Å²) in [5, 5.41) is 8.78. The van der Waals surface area contributed by atoms with Gasteiger partial charge in [-0.3, -0.25) is 0 Å². The van der Waals surface area contributed by atoms with Crippen LogP contribution in [-0.4, -0.2) is 31.0 Å². The van der Waals surface area contributed by atoms with Crippen molar-refractivity contribution in [1.29, 1.82) is 0 Å². The van der Waals surface area contributed by atoms with E-state index in [-0.39, 0.29) is 12.7 Å². The molecule has 0 aromatic heterocycles. The van der Waals surface area contributed by atoms with Crippen molar-refractivity contribution in [2.45, 2.75) is 44.3 Å². The molecule has 0 heterocycles. The van der Waals surface area contributed by atoms with Crippen LogP contribution in [0, 0.1) is 11.8 Å². The number of para-hydroxylation sites is 1. The van der Waals surface area contributed by atoms with Gasteiger partial charge in [0.05, 0.1) is 18.3 Å². The highest BCUT2D eigenvalue weighted by molar-refractivity contribution is 5.46. The van der Waals surface area contributed by atoms with Crippen molar-refractivity contribution in [3.63, 3.8) is 0 Å². The molecule has 2 rings (SSSR count). The molecule has 0 spiro atoms. The van der Waals surface area contributed by atoms with Crippen LogP contribution in [0.2, 0.25) is 0 Å². The number of ether oxygens (including phenoxy) is 2. The van der Waals surface area contributed by atoms with Gasteiger partial charge in [0.25, 0.3) is 0 Å². The predicted octanol–water partition coefficient (Wildman–Crippen LogP) is 2.76. The number of aliphatic hydroxyl groups excluding tert-OH is 1. The molecule has 0 saturated heterocycles. The molecule has 1 fully saturated rings. The topological polar surface area (TPSA) is 38.7 Å². The van der Waals surface area contributed by atoms with Crippen LogP contribution >= 0.6 is 0 Å². The quantitative estimate of drug-likeness (QED) is 0.858. The third-order valence-corrected chi connectivity index (χ3v) is 3.55. The minimum absolute atomic E-state index is 0.0914. The van der Waals surface area contributed by atoms with Crippen LogP contribution in [0.25, 0.3) is 0 Å². The third-order valence-electron chi connectivity index (χ3n) is 3.55. The number of hydrogen-bond donors (Lipinski definition) is 1. The van der Waals surface area contributed by atoms with Crippen molar-refractivity contribution < 1.29 is 14.6 Å². The lowest BCUT2D eigenvalue weighted by Crippen LogP contribution is -2.29. The molecule has 2 unspecified atom stereocenters. The van der Waals surface area contributed by atoms with E-state index in [9.17, 15) is 0 Å². The second-order valence-electron chi connectivity index (χ2n) is 5.04. The molecule has 0 aliphatic heterocycles. The summed E-state index contributed by atoms with van der Waals surface area (Å²) >= 11 is 0. The lowest BCUT2D eigenvalue weighted by Gasteiger charge is -2.29. The zero-order valence-electron chi connectivity index (χ0n) is 12.0. The Hall–Kier alpha value is -1.50. The van der Waals surface area contributed by atoms with Crippen molar-refractivity contribution in [3.8, 4) is 17.6 Å². The van der Waals surface area contributed by atoms with Gasteiger partial charge in [0.15, 0.2) is 0 Å². The summed E-state index contributed by atoms with van der Waals surface area (Å²) < 4.78 is 11.5.